The van der Waals surface area contributed by atoms with Gasteiger partial charge in [-0.25, -0.2) is 0 Å². The number of ether oxygens (including phenoxy) is 3. The van der Waals surface area contributed by atoms with E-state index in [2.05, 4.69) is 4.90 Å². The van der Waals surface area contributed by atoms with Crippen LogP contribution in [0.1, 0.15) is 13.8 Å². The molecule has 5 heteroatoms. The van der Waals surface area contributed by atoms with Crippen molar-refractivity contribution in [1.29, 1.82) is 0 Å². The molecule has 5 nitrogen and oxygen atoms in total. The van der Waals surface area contributed by atoms with Gasteiger partial charge in [-0.1, -0.05) is 0 Å². The summed E-state index contributed by atoms with van der Waals surface area (Å²) in [5.41, 5.74) is 0. The first-order valence-corrected chi connectivity index (χ1v) is 5.83. The quantitative estimate of drug-likeness (QED) is 0.523. The van der Waals surface area contributed by atoms with Crippen LogP contribution in [-0.2, 0) is 14.2 Å². The molecule has 0 unspecified atom stereocenters. The summed E-state index contributed by atoms with van der Waals surface area (Å²) < 4.78 is 15.9. The average molecular weight is 235 g/mol. The maximum Gasteiger partial charge on any atom is 0.170 e. The summed E-state index contributed by atoms with van der Waals surface area (Å²) in [6.07, 6.45) is -0.224. The van der Waals surface area contributed by atoms with Crippen molar-refractivity contribution in [2.75, 3.05) is 53.2 Å². The topological polar surface area (TPSA) is 51.2 Å². The Kier molecular flexibility index (Phi) is 11.1. The number of hydrogen-bond donors (Lipinski definition) is 1. The van der Waals surface area contributed by atoms with E-state index in [9.17, 15) is 0 Å². The van der Waals surface area contributed by atoms with Crippen molar-refractivity contribution in [3.05, 3.63) is 0 Å². The summed E-state index contributed by atoms with van der Waals surface area (Å²) in [6, 6.07) is 0. The van der Waals surface area contributed by atoms with E-state index in [-0.39, 0.29) is 12.9 Å². The highest BCUT2D eigenvalue weighted by Crippen LogP contribution is 2.00. The monoisotopic (exact) mass is 235 g/mol. The predicted molar refractivity (Wildman–Crippen MR) is 62.4 cm³/mol. The van der Waals surface area contributed by atoms with Crippen molar-refractivity contribution >= 4 is 0 Å². The third-order valence-electron chi connectivity index (χ3n) is 2.14. The molecule has 0 radical (unpaired) electrons. The SMILES string of the molecule is CCOC(CN(CCO)CCOC)OCC. The first-order chi connectivity index (χ1) is 7.78. The molecule has 0 aromatic carbocycles. The molecule has 0 atom stereocenters. The molecule has 16 heavy (non-hydrogen) atoms. The summed E-state index contributed by atoms with van der Waals surface area (Å²) in [7, 11) is 1.67. The van der Waals surface area contributed by atoms with Gasteiger partial charge in [0.05, 0.1) is 13.2 Å². The molecule has 0 aromatic heterocycles. The first-order valence-electron chi connectivity index (χ1n) is 5.83. The zero-order valence-electron chi connectivity index (χ0n) is 10.6. The van der Waals surface area contributed by atoms with Gasteiger partial charge in [-0.3, -0.25) is 4.90 Å². The molecule has 0 amide bonds. The van der Waals surface area contributed by atoms with Gasteiger partial charge in [0.25, 0.3) is 0 Å². The fraction of sp³-hybridized carbons (Fsp3) is 1.00. The van der Waals surface area contributed by atoms with Gasteiger partial charge in [0.2, 0.25) is 0 Å². The molecule has 98 valence electrons. The smallest absolute Gasteiger partial charge is 0.170 e. The van der Waals surface area contributed by atoms with E-state index in [0.29, 0.717) is 32.9 Å². The Morgan fingerprint density at radius 1 is 1.12 bits per heavy atom. The first kappa shape index (κ1) is 15.8. The van der Waals surface area contributed by atoms with Gasteiger partial charge < -0.3 is 19.3 Å². The summed E-state index contributed by atoms with van der Waals surface area (Å²) in [5, 5.41) is 8.94. The van der Waals surface area contributed by atoms with Crippen LogP contribution in [0.4, 0.5) is 0 Å². The average Bonchev–Trinajstić information content (AvgIpc) is 2.27. The number of methoxy groups -OCH3 is 1. The molecular formula is C11H25NO4. The van der Waals surface area contributed by atoms with Gasteiger partial charge in [-0.05, 0) is 13.8 Å². The van der Waals surface area contributed by atoms with Gasteiger partial charge in [0.1, 0.15) is 0 Å². The molecule has 0 heterocycles. The van der Waals surface area contributed by atoms with Crippen molar-refractivity contribution in [3.8, 4) is 0 Å². The lowest BCUT2D eigenvalue weighted by atomic mass is 10.4. The van der Waals surface area contributed by atoms with Crippen LogP contribution in [0.2, 0.25) is 0 Å². The van der Waals surface area contributed by atoms with Crippen LogP contribution in [-0.4, -0.2) is 69.5 Å². The van der Waals surface area contributed by atoms with Crippen molar-refractivity contribution in [2.45, 2.75) is 20.1 Å². The number of hydrogen-bond acceptors (Lipinski definition) is 5. The minimum Gasteiger partial charge on any atom is -0.395 e. The fourth-order valence-corrected chi connectivity index (χ4v) is 1.39. The van der Waals surface area contributed by atoms with E-state index in [1.165, 1.54) is 0 Å². The number of nitrogens with zero attached hydrogens (tertiary/aromatic N) is 1. The second-order valence-corrected chi connectivity index (χ2v) is 3.36. The number of aliphatic hydroxyl groups is 1. The molecule has 0 aliphatic rings. The third kappa shape index (κ3) is 8.01. The summed E-state index contributed by atoms with van der Waals surface area (Å²) in [5.74, 6) is 0. The van der Waals surface area contributed by atoms with E-state index in [4.69, 9.17) is 19.3 Å². The number of rotatable bonds is 11. The lowest BCUT2D eigenvalue weighted by Crippen LogP contribution is -2.39. The molecule has 0 aromatic rings. The third-order valence-corrected chi connectivity index (χ3v) is 2.14. The zero-order valence-corrected chi connectivity index (χ0v) is 10.6. The van der Waals surface area contributed by atoms with E-state index in [1.54, 1.807) is 7.11 Å². The second-order valence-electron chi connectivity index (χ2n) is 3.36. The van der Waals surface area contributed by atoms with E-state index in [0.717, 1.165) is 6.54 Å². The van der Waals surface area contributed by atoms with Crippen LogP contribution in [0.5, 0.6) is 0 Å². The largest absolute Gasteiger partial charge is 0.395 e. The molecule has 0 spiro atoms. The fourth-order valence-electron chi connectivity index (χ4n) is 1.39. The van der Waals surface area contributed by atoms with E-state index < -0.39 is 0 Å². The normalized spacial score (nSPS) is 11.6. The molecule has 0 saturated carbocycles. The number of aliphatic hydroxyl groups excluding tert-OH is 1. The van der Waals surface area contributed by atoms with Crippen molar-refractivity contribution in [3.63, 3.8) is 0 Å². The molecule has 0 rings (SSSR count). The molecule has 0 saturated heterocycles. The molecule has 1 N–H and O–H groups in total. The van der Waals surface area contributed by atoms with Crippen molar-refractivity contribution in [1.82, 2.24) is 4.90 Å². The minimum absolute atomic E-state index is 0.134. The van der Waals surface area contributed by atoms with Gasteiger partial charge in [0.15, 0.2) is 6.29 Å². The zero-order chi connectivity index (χ0) is 12.2. The Hall–Kier alpha value is -0.200. The van der Waals surface area contributed by atoms with E-state index in [1.807, 2.05) is 13.8 Å². The highest BCUT2D eigenvalue weighted by atomic mass is 16.7. The van der Waals surface area contributed by atoms with Crippen molar-refractivity contribution < 1.29 is 19.3 Å². The molecule has 0 fully saturated rings. The standard InChI is InChI=1S/C11H25NO4/c1-4-15-11(16-5-2)10-12(6-8-13)7-9-14-3/h11,13H,4-10H2,1-3H3. The van der Waals surface area contributed by atoms with Crippen LogP contribution in [0, 0.1) is 0 Å². The lowest BCUT2D eigenvalue weighted by molar-refractivity contribution is -0.148. The summed E-state index contributed by atoms with van der Waals surface area (Å²) in [4.78, 5) is 2.07. The van der Waals surface area contributed by atoms with Crippen LogP contribution in [0.3, 0.4) is 0 Å². The Bertz CT molecular complexity index is 140. The second kappa shape index (κ2) is 11.3. The van der Waals surface area contributed by atoms with Gasteiger partial charge in [0, 0.05) is 40.0 Å². The molecule has 0 aliphatic carbocycles. The van der Waals surface area contributed by atoms with Crippen LogP contribution >= 0.6 is 0 Å². The Balaban J connectivity index is 3.98. The predicted octanol–water partition coefficient (Wildman–Crippen LogP) is 0.326. The summed E-state index contributed by atoms with van der Waals surface area (Å²) in [6.45, 7) is 7.96. The maximum absolute atomic E-state index is 8.94. The minimum atomic E-state index is -0.224. The van der Waals surface area contributed by atoms with Crippen LogP contribution in [0.15, 0.2) is 0 Å². The van der Waals surface area contributed by atoms with Crippen molar-refractivity contribution in [2.24, 2.45) is 0 Å². The van der Waals surface area contributed by atoms with Crippen LogP contribution in [0.25, 0.3) is 0 Å². The van der Waals surface area contributed by atoms with Gasteiger partial charge in [-0.15, -0.1) is 0 Å². The highest BCUT2D eigenvalue weighted by molar-refractivity contribution is 4.59. The Labute approximate surface area is 98.3 Å². The highest BCUT2D eigenvalue weighted by Gasteiger charge is 2.13. The Morgan fingerprint density at radius 2 is 1.75 bits per heavy atom. The maximum atomic E-state index is 8.94. The molecular weight excluding hydrogens is 210 g/mol. The van der Waals surface area contributed by atoms with E-state index >= 15 is 0 Å². The van der Waals surface area contributed by atoms with Gasteiger partial charge in [-0.2, -0.15) is 0 Å². The summed E-state index contributed by atoms with van der Waals surface area (Å²) >= 11 is 0. The lowest BCUT2D eigenvalue weighted by Gasteiger charge is -2.26. The molecule has 0 aliphatic heterocycles. The Morgan fingerprint density at radius 3 is 2.19 bits per heavy atom. The van der Waals surface area contributed by atoms with Crippen LogP contribution < -0.4 is 0 Å². The van der Waals surface area contributed by atoms with Gasteiger partial charge >= 0.3 is 0 Å². The molecule has 0 bridgehead atoms.